The van der Waals surface area contributed by atoms with Gasteiger partial charge in [0.05, 0.1) is 11.2 Å². The second kappa shape index (κ2) is 16.7. The number of para-hydroxylation sites is 2. The summed E-state index contributed by atoms with van der Waals surface area (Å²) in [6.45, 7) is 8.25. The number of rotatable bonds is 5. The Morgan fingerprint density at radius 2 is 0.824 bits per heavy atom. The van der Waals surface area contributed by atoms with Gasteiger partial charge in [0.15, 0.2) is 22.8 Å². The van der Waals surface area contributed by atoms with E-state index in [0.717, 1.165) is 116 Å². The van der Waals surface area contributed by atoms with Crippen molar-refractivity contribution in [3.05, 3.63) is 187 Å². The van der Waals surface area contributed by atoms with Gasteiger partial charge in [-0.1, -0.05) is 133 Å². The predicted molar refractivity (Wildman–Crippen MR) is 296 cm³/mol. The van der Waals surface area contributed by atoms with E-state index in [9.17, 15) is 0 Å². The van der Waals surface area contributed by atoms with Crippen LogP contribution in [0.2, 0.25) is 5.02 Å². The lowest BCUT2D eigenvalue weighted by Gasteiger charge is -2.32. The first-order valence-corrected chi connectivity index (χ1v) is 24.8. The molecule has 0 amide bonds. The zero-order valence-electron chi connectivity index (χ0n) is 40.5. The molecule has 10 nitrogen and oxygen atoms in total. The van der Waals surface area contributed by atoms with Crippen molar-refractivity contribution in [3.8, 4) is 45.3 Å². The molecule has 0 aliphatic carbocycles. The van der Waals surface area contributed by atoms with Crippen LogP contribution in [0.15, 0.2) is 200 Å². The van der Waals surface area contributed by atoms with Gasteiger partial charge in [0.25, 0.3) is 0 Å². The molecule has 1 aliphatic heterocycles. The van der Waals surface area contributed by atoms with Crippen molar-refractivity contribution in [2.45, 2.75) is 38.9 Å². The highest BCUT2D eigenvalue weighted by Crippen LogP contribution is 2.43. The summed E-state index contributed by atoms with van der Waals surface area (Å²) in [6.07, 6.45) is 0. The molecule has 1 fully saturated rings. The van der Waals surface area contributed by atoms with Crippen LogP contribution in [0.4, 0.5) is 0 Å². The van der Waals surface area contributed by atoms with Gasteiger partial charge in [-0.2, -0.15) is 0 Å². The Bertz CT molecular complexity index is 4530. The summed E-state index contributed by atoms with van der Waals surface area (Å²) in [4.78, 5) is 20.2. The average Bonchev–Trinajstić information content (AvgIpc) is 4.24. The van der Waals surface area contributed by atoms with E-state index in [-0.39, 0.29) is 0 Å². The first kappa shape index (κ1) is 44.1. The monoisotopic (exact) mass is 984 g/mol. The molecule has 12 heteroatoms. The molecule has 356 valence electrons. The average molecular weight is 985 g/mol. The number of aromatic nitrogens is 4. The summed E-state index contributed by atoms with van der Waals surface area (Å²) in [5.41, 5.74) is 12.9. The maximum absolute atomic E-state index is 6.36. The Kier molecular flexibility index (Phi) is 9.97. The molecule has 1 aliphatic rings. The van der Waals surface area contributed by atoms with Crippen LogP contribution in [0, 0.1) is 0 Å². The Balaban J connectivity index is 0.000000140. The minimum atomic E-state index is -0.476. The molecule has 1 saturated heterocycles. The third kappa shape index (κ3) is 7.10. The van der Waals surface area contributed by atoms with E-state index in [1.807, 2.05) is 170 Å². The second-order valence-electron chi connectivity index (χ2n) is 19.6. The summed E-state index contributed by atoms with van der Waals surface area (Å²) in [6, 6.07) is 59.8. The van der Waals surface area contributed by atoms with Gasteiger partial charge in [-0.15, -0.1) is 0 Å². The third-order valence-electron chi connectivity index (χ3n) is 14.5. The van der Waals surface area contributed by atoms with Crippen molar-refractivity contribution in [2.24, 2.45) is 0 Å². The molecule has 15 rings (SSSR count). The first-order chi connectivity index (χ1) is 36.0. The molecule has 14 aromatic rings. The van der Waals surface area contributed by atoms with E-state index in [1.165, 1.54) is 0 Å². The van der Waals surface area contributed by atoms with Crippen LogP contribution in [0.3, 0.4) is 0 Å². The lowest BCUT2D eigenvalue weighted by atomic mass is 9.78. The molecule has 0 N–H and O–H groups in total. The highest BCUT2D eigenvalue weighted by molar-refractivity contribution is 6.62. The van der Waals surface area contributed by atoms with E-state index in [2.05, 4.69) is 39.8 Å². The zero-order valence-corrected chi connectivity index (χ0v) is 41.3. The molecule has 0 radical (unpaired) electrons. The molecule has 74 heavy (non-hydrogen) atoms. The number of benzene rings is 8. The van der Waals surface area contributed by atoms with E-state index in [1.54, 1.807) is 0 Å². The Morgan fingerprint density at radius 3 is 1.34 bits per heavy atom. The van der Waals surface area contributed by atoms with Crippen LogP contribution in [0.5, 0.6) is 0 Å². The first-order valence-electron chi connectivity index (χ1n) is 24.5. The molecule has 0 bridgehead atoms. The fourth-order valence-electron chi connectivity index (χ4n) is 10.1. The van der Waals surface area contributed by atoms with Crippen LogP contribution in [0.1, 0.15) is 27.7 Å². The predicted octanol–water partition coefficient (Wildman–Crippen LogP) is 16.2. The lowest BCUT2D eigenvalue weighted by molar-refractivity contribution is 0.00578. The molecule has 8 aromatic carbocycles. The smallest absolute Gasteiger partial charge is 0.456 e. The number of halogens is 1. The van der Waals surface area contributed by atoms with Gasteiger partial charge in [0, 0.05) is 59.6 Å². The number of furan rings is 4. The Morgan fingerprint density at radius 1 is 0.392 bits per heavy atom. The molecular formula is C62H42BClN4O6. The SMILES string of the molecule is CC1(C)OB(c2ccc3oc4cccc(-c5nc(-c6ccccc6)c6oc7ccccc7c6n5)c4c3c2)OC1(C)C.Clc1ccc2oc3cccc(-c4nc(-c5ccccc5)c5oc6ccccc6c5n4)c3c2c1. The zero-order chi connectivity index (χ0) is 49.9. The van der Waals surface area contributed by atoms with E-state index in [4.69, 9.17) is 58.5 Å². The number of hydrogen-bond donors (Lipinski definition) is 0. The standard InChI is InChI=1S/C34H27BN2O4.C28H15ClN2O2/c1-33(2)34(3,4)41-35(40-33)21-17-18-26-24(19-21)28-23(14-10-16-27(28)38-26)32-36-29(20-11-6-5-7-12-20)31-30(37-32)22-13-8-9-15-25(22)39-31;29-17-13-14-22-20(15-17)24-19(10-6-12-23(24)32-22)28-30-25(16-7-2-1-3-8-16)27-26(31-28)18-9-4-5-11-21(18)33-27/h5-19H,1-4H3;1-15H. The molecule has 7 heterocycles. The van der Waals surface area contributed by atoms with Gasteiger partial charge in [-0.25, -0.2) is 19.9 Å². The molecular weight excluding hydrogens is 943 g/mol. The fraction of sp³-hybridized carbons (Fsp3) is 0.0968. The van der Waals surface area contributed by atoms with Crippen molar-refractivity contribution in [3.63, 3.8) is 0 Å². The summed E-state index contributed by atoms with van der Waals surface area (Å²) >= 11 is 6.32. The van der Waals surface area contributed by atoms with Crippen LogP contribution < -0.4 is 5.46 Å². The molecule has 0 spiro atoms. The highest BCUT2D eigenvalue weighted by Gasteiger charge is 2.51. The Hall–Kier alpha value is -8.61. The maximum atomic E-state index is 6.36. The van der Waals surface area contributed by atoms with Gasteiger partial charge < -0.3 is 27.0 Å². The molecule has 6 aromatic heterocycles. The van der Waals surface area contributed by atoms with Crippen molar-refractivity contribution in [1.82, 2.24) is 19.9 Å². The summed E-state index contributed by atoms with van der Waals surface area (Å²) in [5.74, 6) is 1.22. The quantitative estimate of drug-likeness (QED) is 0.154. The fourth-order valence-corrected chi connectivity index (χ4v) is 10.3. The topological polar surface area (TPSA) is 123 Å². The van der Waals surface area contributed by atoms with E-state index >= 15 is 0 Å². The second-order valence-corrected chi connectivity index (χ2v) is 20.1. The number of nitrogens with zero attached hydrogens (tertiary/aromatic N) is 4. The highest BCUT2D eigenvalue weighted by atomic mass is 35.5. The van der Waals surface area contributed by atoms with Crippen molar-refractivity contribution in [1.29, 1.82) is 0 Å². The Labute approximate surface area is 428 Å². The lowest BCUT2D eigenvalue weighted by Crippen LogP contribution is -2.41. The number of fused-ring (bicyclic) bond motifs is 12. The molecule has 0 saturated carbocycles. The van der Waals surface area contributed by atoms with Crippen LogP contribution in [-0.4, -0.2) is 38.3 Å². The normalized spacial score (nSPS) is 14.4. The van der Waals surface area contributed by atoms with Crippen molar-refractivity contribution < 1.29 is 27.0 Å². The summed E-state index contributed by atoms with van der Waals surface area (Å²) in [5, 5.41) is 6.37. The van der Waals surface area contributed by atoms with Gasteiger partial charge in [-0.05, 0) is 93.8 Å². The van der Waals surface area contributed by atoms with Gasteiger partial charge >= 0.3 is 7.12 Å². The third-order valence-corrected chi connectivity index (χ3v) is 14.8. The summed E-state index contributed by atoms with van der Waals surface area (Å²) in [7, 11) is -0.476. The molecule has 0 unspecified atom stereocenters. The van der Waals surface area contributed by atoms with E-state index in [0.29, 0.717) is 27.8 Å². The summed E-state index contributed by atoms with van der Waals surface area (Å²) < 4.78 is 37.7. The largest absolute Gasteiger partial charge is 0.494 e. The molecule has 0 atom stereocenters. The van der Waals surface area contributed by atoms with Crippen molar-refractivity contribution in [2.75, 3.05) is 0 Å². The van der Waals surface area contributed by atoms with Gasteiger partial charge in [0.1, 0.15) is 55.9 Å². The van der Waals surface area contributed by atoms with Gasteiger partial charge in [-0.3, -0.25) is 0 Å². The van der Waals surface area contributed by atoms with Gasteiger partial charge in [0.2, 0.25) is 0 Å². The van der Waals surface area contributed by atoms with Crippen LogP contribution in [0.25, 0.3) is 133 Å². The van der Waals surface area contributed by atoms with Crippen LogP contribution >= 0.6 is 11.6 Å². The number of hydrogen-bond acceptors (Lipinski definition) is 10. The van der Waals surface area contributed by atoms with E-state index < -0.39 is 18.3 Å². The maximum Gasteiger partial charge on any atom is 0.494 e. The minimum absolute atomic E-state index is 0.430. The minimum Gasteiger partial charge on any atom is -0.456 e. The van der Waals surface area contributed by atoms with Crippen molar-refractivity contribution >= 4 is 112 Å². The van der Waals surface area contributed by atoms with Crippen LogP contribution in [-0.2, 0) is 9.31 Å².